The van der Waals surface area contributed by atoms with Gasteiger partial charge >= 0.3 is 0 Å². The molecule has 1 N–H and O–H groups in total. The van der Waals surface area contributed by atoms with Gasteiger partial charge in [-0.3, -0.25) is 0 Å². The van der Waals surface area contributed by atoms with Gasteiger partial charge in [0.15, 0.2) is 14.1 Å². The van der Waals surface area contributed by atoms with Gasteiger partial charge in [0.1, 0.15) is 0 Å². The molecule has 0 bridgehead atoms. The largest absolute Gasteiger partial charge is 0.414 e. The molecule has 0 aromatic heterocycles. The summed E-state index contributed by atoms with van der Waals surface area (Å²) in [6.07, 6.45) is 13.0. The lowest BCUT2D eigenvalue weighted by Gasteiger charge is -2.59. The summed E-state index contributed by atoms with van der Waals surface area (Å²) in [6.45, 7) is 25.3. The molecule has 0 radical (unpaired) electrons. The van der Waals surface area contributed by atoms with E-state index in [1.165, 1.54) is 32.1 Å². The predicted octanol–water partition coefficient (Wildman–Crippen LogP) is 8.74. The van der Waals surface area contributed by atoms with Crippen molar-refractivity contribution in [2.24, 2.45) is 46.3 Å². The van der Waals surface area contributed by atoms with E-state index in [2.05, 4.69) is 74.6 Å². The molecule has 1 aliphatic heterocycles. The van der Waals surface area contributed by atoms with E-state index < -0.39 is 14.1 Å². The summed E-state index contributed by atoms with van der Waals surface area (Å²) in [6, 6.07) is 0. The monoisotopic (exact) mass is 574 g/mol. The Morgan fingerprint density at radius 3 is 2.35 bits per heavy atom. The fourth-order valence-corrected chi connectivity index (χ4v) is 11.5. The molecular formula is C35H62O4Si. The Morgan fingerprint density at radius 2 is 1.73 bits per heavy atom. The molecule has 1 heterocycles. The smallest absolute Gasteiger partial charge is 0.192 e. The zero-order chi connectivity index (χ0) is 29.3. The average molecular weight is 575 g/mol. The van der Waals surface area contributed by atoms with Gasteiger partial charge < -0.3 is 19.0 Å². The fourth-order valence-electron chi connectivity index (χ4n) is 10.1. The minimum absolute atomic E-state index is 0.143. The third-order valence-corrected chi connectivity index (χ3v) is 18.0. The van der Waals surface area contributed by atoms with Crippen LogP contribution in [0.25, 0.3) is 0 Å². The van der Waals surface area contributed by atoms with Crippen LogP contribution in [0.15, 0.2) is 11.6 Å². The second-order valence-electron chi connectivity index (χ2n) is 17.1. The molecule has 230 valence electrons. The lowest BCUT2D eigenvalue weighted by atomic mass is 9.47. The van der Waals surface area contributed by atoms with E-state index in [1.807, 2.05) is 0 Å². The second kappa shape index (κ2) is 10.8. The molecule has 40 heavy (non-hydrogen) atoms. The molecule has 0 aromatic rings. The first-order chi connectivity index (χ1) is 18.5. The standard InChI is InChI=1S/C35H62O4Si/c1-23(2)13-18-35(37-19-20-38-35)24(3)31-30(36)22-29-27-12-11-25-21-26(39-40(9,10)32(4,5)6)14-16-33(25,7)28(27)15-17-34(29,31)8/h11,23-24,26-31,36H,12-22H2,1-10H3/t24-,26-,27+,28-,29-,30-,31-,33-,34-/m0/s1. The van der Waals surface area contributed by atoms with Crippen LogP contribution < -0.4 is 0 Å². The Hall–Kier alpha value is -0.203. The topological polar surface area (TPSA) is 47.9 Å². The minimum atomic E-state index is -1.77. The highest BCUT2D eigenvalue weighted by Gasteiger charge is 2.64. The van der Waals surface area contributed by atoms with Gasteiger partial charge in [-0.15, -0.1) is 0 Å². The maximum absolute atomic E-state index is 11.8. The number of hydrogen-bond donors (Lipinski definition) is 1. The normalized spacial score (nSPS) is 42.2. The number of aliphatic hydroxyl groups is 1. The van der Waals surface area contributed by atoms with Crippen molar-refractivity contribution in [2.45, 2.75) is 149 Å². The first-order valence-electron chi connectivity index (χ1n) is 16.9. The zero-order valence-electron chi connectivity index (χ0n) is 27.6. The average Bonchev–Trinajstić information content (AvgIpc) is 3.44. The van der Waals surface area contributed by atoms with Crippen LogP contribution in [-0.2, 0) is 13.9 Å². The SMILES string of the molecule is CC(C)CCC1([C@@H](C)[C@H]2[C@@H](O)C[C@H]3[C@@H]4CC=C5C[C@@H](O[Si](C)(C)C(C)(C)C)CC[C@]5(C)[C@H]4CC[C@]23C)OCCO1. The van der Waals surface area contributed by atoms with Crippen LogP contribution in [0, 0.1) is 46.3 Å². The first kappa shape index (κ1) is 31.2. The van der Waals surface area contributed by atoms with Crippen LogP contribution in [0.1, 0.15) is 113 Å². The molecular weight excluding hydrogens is 512 g/mol. The lowest BCUT2D eigenvalue weighted by molar-refractivity contribution is -0.227. The van der Waals surface area contributed by atoms with Gasteiger partial charge in [-0.05, 0) is 110 Å². The third-order valence-electron chi connectivity index (χ3n) is 13.5. The number of allylic oxidation sites excluding steroid dienone is 1. The Labute approximate surface area is 247 Å². The molecule has 0 amide bonds. The van der Waals surface area contributed by atoms with Gasteiger partial charge in [-0.25, -0.2) is 0 Å². The highest BCUT2D eigenvalue weighted by Crippen LogP contribution is 2.68. The molecule has 1 saturated heterocycles. The molecule has 4 nitrogen and oxygen atoms in total. The summed E-state index contributed by atoms with van der Waals surface area (Å²) >= 11 is 0. The van der Waals surface area contributed by atoms with Gasteiger partial charge in [0.2, 0.25) is 0 Å². The number of ether oxygens (including phenoxy) is 2. The first-order valence-corrected chi connectivity index (χ1v) is 19.8. The van der Waals surface area contributed by atoms with Crippen molar-refractivity contribution in [3.63, 3.8) is 0 Å². The highest BCUT2D eigenvalue weighted by molar-refractivity contribution is 6.74. The van der Waals surface area contributed by atoms with Gasteiger partial charge in [0.25, 0.3) is 0 Å². The molecule has 9 atom stereocenters. The molecule has 3 saturated carbocycles. The highest BCUT2D eigenvalue weighted by atomic mass is 28.4. The fraction of sp³-hybridized carbons (Fsp3) is 0.943. The Bertz CT molecular complexity index is 946. The summed E-state index contributed by atoms with van der Waals surface area (Å²) < 4.78 is 19.8. The summed E-state index contributed by atoms with van der Waals surface area (Å²) in [5.41, 5.74) is 2.13. The molecule has 0 unspecified atom stereocenters. The second-order valence-corrected chi connectivity index (χ2v) is 21.9. The summed E-state index contributed by atoms with van der Waals surface area (Å²) in [5, 5.41) is 12.0. The Kier molecular flexibility index (Phi) is 8.39. The Balaban J connectivity index is 1.35. The van der Waals surface area contributed by atoms with Crippen molar-refractivity contribution < 1.29 is 19.0 Å². The number of aliphatic hydroxyl groups excluding tert-OH is 1. The van der Waals surface area contributed by atoms with Crippen molar-refractivity contribution in [1.29, 1.82) is 0 Å². The van der Waals surface area contributed by atoms with E-state index in [-0.39, 0.29) is 28.4 Å². The molecule has 0 aromatic carbocycles. The van der Waals surface area contributed by atoms with Crippen molar-refractivity contribution in [3.8, 4) is 0 Å². The molecule has 5 rings (SSSR count). The predicted molar refractivity (Wildman–Crippen MR) is 167 cm³/mol. The van der Waals surface area contributed by atoms with E-state index in [1.54, 1.807) is 5.57 Å². The van der Waals surface area contributed by atoms with Gasteiger partial charge in [-0.1, -0.05) is 67.0 Å². The minimum Gasteiger partial charge on any atom is -0.414 e. The van der Waals surface area contributed by atoms with Crippen molar-refractivity contribution >= 4 is 8.32 Å². The quantitative estimate of drug-likeness (QED) is 0.244. The van der Waals surface area contributed by atoms with E-state index in [9.17, 15) is 5.11 Å². The lowest BCUT2D eigenvalue weighted by Crippen LogP contribution is -2.54. The van der Waals surface area contributed by atoms with Crippen LogP contribution in [0.2, 0.25) is 18.1 Å². The Morgan fingerprint density at radius 1 is 1.05 bits per heavy atom. The summed E-state index contributed by atoms with van der Waals surface area (Å²) in [7, 11) is -1.77. The number of rotatable bonds is 7. The molecule has 0 spiro atoms. The maximum atomic E-state index is 11.8. The summed E-state index contributed by atoms with van der Waals surface area (Å²) in [5.74, 6) is 2.50. The van der Waals surface area contributed by atoms with E-state index in [4.69, 9.17) is 13.9 Å². The van der Waals surface area contributed by atoms with Crippen molar-refractivity contribution in [2.75, 3.05) is 13.2 Å². The molecule has 4 fully saturated rings. The summed E-state index contributed by atoms with van der Waals surface area (Å²) in [4.78, 5) is 0. The van der Waals surface area contributed by atoms with Crippen LogP contribution in [0.4, 0.5) is 0 Å². The maximum Gasteiger partial charge on any atom is 0.192 e. The zero-order valence-corrected chi connectivity index (χ0v) is 28.6. The number of hydrogen-bond acceptors (Lipinski definition) is 4. The van der Waals surface area contributed by atoms with E-state index in [0.717, 1.165) is 31.6 Å². The van der Waals surface area contributed by atoms with Crippen LogP contribution >= 0.6 is 0 Å². The van der Waals surface area contributed by atoms with Crippen LogP contribution in [-0.4, -0.2) is 44.6 Å². The van der Waals surface area contributed by atoms with Crippen LogP contribution in [0.3, 0.4) is 0 Å². The number of fused-ring (bicyclic) bond motifs is 5. The van der Waals surface area contributed by atoms with Crippen LogP contribution in [0.5, 0.6) is 0 Å². The van der Waals surface area contributed by atoms with Crippen molar-refractivity contribution in [3.05, 3.63) is 11.6 Å². The molecule has 5 heteroatoms. The van der Waals surface area contributed by atoms with Gasteiger partial charge in [0.05, 0.1) is 19.3 Å². The molecule has 4 aliphatic carbocycles. The van der Waals surface area contributed by atoms with Gasteiger partial charge in [0, 0.05) is 18.4 Å². The molecule has 5 aliphatic rings. The third kappa shape index (κ3) is 5.14. The van der Waals surface area contributed by atoms with E-state index in [0.29, 0.717) is 42.5 Å². The van der Waals surface area contributed by atoms with Crippen molar-refractivity contribution in [1.82, 2.24) is 0 Å². The van der Waals surface area contributed by atoms with Gasteiger partial charge in [-0.2, -0.15) is 0 Å². The van der Waals surface area contributed by atoms with E-state index >= 15 is 0 Å².